The Morgan fingerprint density at radius 2 is 2.29 bits per heavy atom. The van der Waals surface area contributed by atoms with E-state index in [1.165, 1.54) is 17.5 Å². The first kappa shape index (κ1) is 17.1. The molecule has 1 atom stereocenters. The second-order valence-corrected chi connectivity index (χ2v) is 7.25. The van der Waals surface area contributed by atoms with Crippen molar-refractivity contribution >= 4 is 17.2 Å². The molecule has 128 valence electrons. The van der Waals surface area contributed by atoms with Crippen LogP contribution >= 0.6 is 11.3 Å². The van der Waals surface area contributed by atoms with Crippen LogP contribution in [-0.4, -0.2) is 24.0 Å². The molecule has 0 radical (unpaired) electrons. The van der Waals surface area contributed by atoms with Gasteiger partial charge >= 0.3 is 0 Å². The van der Waals surface area contributed by atoms with Crippen LogP contribution in [0.15, 0.2) is 29.6 Å². The van der Waals surface area contributed by atoms with Gasteiger partial charge in [-0.05, 0) is 43.7 Å². The van der Waals surface area contributed by atoms with Crippen LogP contribution in [0, 0.1) is 6.92 Å². The highest BCUT2D eigenvalue weighted by Gasteiger charge is 2.19. The number of nitrogens with zero attached hydrogens (tertiary/aromatic N) is 1. The predicted molar refractivity (Wildman–Crippen MR) is 96.3 cm³/mol. The lowest BCUT2D eigenvalue weighted by Crippen LogP contribution is -2.27. The molecule has 0 unspecified atom stereocenters. The van der Waals surface area contributed by atoms with Gasteiger partial charge < -0.3 is 10.1 Å². The summed E-state index contributed by atoms with van der Waals surface area (Å²) in [5.74, 6) is 0.0308. The number of fused-ring (bicyclic) bond motifs is 1. The van der Waals surface area contributed by atoms with E-state index in [9.17, 15) is 4.79 Å². The molecule has 5 heteroatoms. The normalized spacial score (nSPS) is 16.6. The van der Waals surface area contributed by atoms with Crippen molar-refractivity contribution in [2.75, 3.05) is 13.2 Å². The fourth-order valence-electron chi connectivity index (χ4n) is 3.12. The van der Waals surface area contributed by atoms with Crippen molar-refractivity contribution < 1.29 is 9.53 Å². The molecule has 0 fully saturated rings. The number of aryl methyl sites for hydroxylation is 2. The number of amides is 1. The van der Waals surface area contributed by atoms with E-state index in [0.29, 0.717) is 19.6 Å². The van der Waals surface area contributed by atoms with Crippen LogP contribution < -0.4 is 5.32 Å². The molecule has 24 heavy (non-hydrogen) atoms. The highest BCUT2D eigenvalue weighted by Crippen LogP contribution is 2.32. The molecule has 1 amide bonds. The lowest BCUT2D eigenvalue weighted by molar-refractivity contribution is -0.120. The smallest absolute Gasteiger partial charge is 0.226 e. The lowest BCUT2D eigenvalue weighted by atomic mass is 9.89. The van der Waals surface area contributed by atoms with Crippen molar-refractivity contribution in [3.05, 3.63) is 51.5 Å². The van der Waals surface area contributed by atoms with Gasteiger partial charge in [0.2, 0.25) is 5.91 Å². The zero-order chi connectivity index (χ0) is 16.8. The summed E-state index contributed by atoms with van der Waals surface area (Å²) in [7, 11) is 0. The third kappa shape index (κ3) is 4.65. The van der Waals surface area contributed by atoms with E-state index in [2.05, 4.69) is 34.6 Å². The highest BCUT2D eigenvalue weighted by atomic mass is 32.1. The van der Waals surface area contributed by atoms with Gasteiger partial charge in [0.25, 0.3) is 0 Å². The van der Waals surface area contributed by atoms with Crippen LogP contribution in [0.2, 0.25) is 0 Å². The Bertz CT molecular complexity index is 684. The summed E-state index contributed by atoms with van der Waals surface area (Å²) >= 11 is 1.58. The maximum Gasteiger partial charge on any atom is 0.226 e. The number of thiazole rings is 1. The van der Waals surface area contributed by atoms with Crippen LogP contribution in [0.5, 0.6) is 0 Å². The van der Waals surface area contributed by atoms with Crippen LogP contribution in [0.3, 0.4) is 0 Å². The van der Waals surface area contributed by atoms with Crippen molar-refractivity contribution in [3.63, 3.8) is 0 Å². The number of carbonyl (C=O) groups is 1. The molecule has 1 aliphatic rings. The number of rotatable bonds is 7. The van der Waals surface area contributed by atoms with Gasteiger partial charge in [-0.3, -0.25) is 4.79 Å². The average molecular weight is 344 g/mol. The molecule has 2 aromatic rings. The van der Waals surface area contributed by atoms with Crippen LogP contribution in [0.1, 0.15) is 47.2 Å². The summed E-state index contributed by atoms with van der Waals surface area (Å²) in [6, 6.07) is 8.56. The molecule has 3 rings (SSSR count). The minimum atomic E-state index is 0.0308. The Hall–Kier alpha value is -1.72. The maximum atomic E-state index is 11.9. The molecule has 0 saturated carbocycles. The number of carbonyl (C=O) groups excluding carboxylic acids is 1. The summed E-state index contributed by atoms with van der Waals surface area (Å²) in [5.41, 5.74) is 3.61. The van der Waals surface area contributed by atoms with Gasteiger partial charge in [0.05, 0.1) is 23.2 Å². The Kier molecular flexibility index (Phi) is 5.99. The molecule has 1 heterocycles. The molecule has 1 aromatic heterocycles. The molecule has 1 aliphatic carbocycles. The minimum absolute atomic E-state index is 0.0308. The fraction of sp³-hybridized carbons (Fsp3) is 0.474. The van der Waals surface area contributed by atoms with Gasteiger partial charge in [0, 0.05) is 18.5 Å². The first-order valence-electron chi connectivity index (χ1n) is 8.59. The molecule has 4 nitrogen and oxygen atoms in total. The molecular formula is C19H24N2O2S. The van der Waals surface area contributed by atoms with Gasteiger partial charge in [0.15, 0.2) is 0 Å². The molecule has 0 spiro atoms. The van der Waals surface area contributed by atoms with E-state index in [1.807, 2.05) is 12.3 Å². The number of aromatic nitrogens is 1. The largest absolute Gasteiger partial charge is 0.373 e. The second kappa shape index (κ2) is 8.40. The third-order valence-electron chi connectivity index (χ3n) is 4.28. The summed E-state index contributed by atoms with van der Waals surface area (Å²) in [4.78, 5) is 16.2. The SMILES string of the molecule is Cc1nc(CC(=O)NCCCO[C@H]2CCCc3ccccc32)cs1. The van der Waals surface area contributed by atoms with Gasteiger partial charge in [-0.2, -0.15) is 0 Å². The number of benzene rings is 1. The van der Waals surface area contributed by atoms with E-state index in [0.717, 1.165) is 30.0 Å². The van der Waals surface area contributed by atoms with E-state index >= 15 is 0 Å². The molecular weight excluding hydrogens is 320 g/mol. The second-order valence-electron chi connectivity index (χ2n) is 6.19. The summed E-state index contributed by atoms with van der Waals surface area (Å²) in [5, 5.41) is 5.89. The Labute approximate surface area is 147 Å². The minimum Gasteiger partial charge on any atom is -0.373 e. The van der Waals surface area contributed by atoms with Gasteiger partial charge in [0.1, 0.15) is 0 Å². The van der Waals surface area contributed by atoms with Crippen LogP contribution in [0.25, 0.3) is 0 Å². The summed E-state index contributed by atoms with van der Waals surface area (Å²) < 4.78 is 6.05. The number of hydrogen-bond acceptors (Lipinski definition) is 4. The molecule has 0 saturated heterocycles. The van der Waals surface area contributed by atoms with Crippen molar-refractivity contribution in [2.45, 2.75) is 45.1 Å². The zero-order valence-electron chi connectivity index (χ0n) is 14.1. The van der Waals surface area contributed by atoms with Crippen molar-refractivity contribution in [3.8, 4) is 0 Å². The average Bonchev–Trinajstić information content (AvgIpc) is 2.99. The summed E-state index contributed by atoms with van der Waals surface area (Å²) in [6.07, 6.45) is 4.84. The molecule has 1 N–H and O–H groups in total. The Morgan fingerprint density at radius 1 is 1.42 bits per heavy atom. The fourth-order valence-corrected chi connectivity index (χ4v) is 3.74. The first-order chi connectivity index (χ1) is 11.7. The lowest BCUT2D eigenvalue weighted by Gasteiger charge is -2.25. The first-order valence-corrected chi connectivity index (χ1v) is 9.47. The van der Waals surface area contributed by atoms with Crippen molar-refractivity contribution in [1.82, 2.24) is 10.3 Å². The number of nitrogens with one attached hydrogen (secondary N) is 1. The van der Waals surface area contributed by atoms with E-state index < -0.39 is 0 Å². The van der Waals surface area contributed by atoms with Gasteiger partial charge in [-0.1, -0.05) is 24.3 Å². The number of ether oxygens (including phenoxy) is 1. The topological polar surface area (TPSA) is 51.2 Å². The van der Waals surface area contributed by atoms with E-state index in [1.54, 1.807) is 11.3 Å². The highest BCUT2D eigenvalue weighted by molar-refractivity contribution is 7.09. The van der Waals surface area contributed by atoms with E-state index in [-0.39, 0.29) is 12.0 Å². The zero-order valence-corrected chi connectivity index (χ0v) is 14.9. The van der Waals surface area contributed by atoms with Crippen molar-refractivity contribution in [2.24, 2.45) is 0 Å². The quantitative estimate of drug-likeness (QED) is 0.781. The number of hydrogen-bond donors (Lipinski definition) is 1. The van der Waals surface area contributed by atoms with E-state index in [4.69, 9.17) is 4.74 Å². The predicted octanol–water partition coefficient (Wildman–Crippen LogP) is 3.59. The molecule has 1 aromatic carbocycles. The maximum absolute atomic E-state index is 11.9. The Balaban J connectivity index is 1.35. The van der Waals surface area contributed by atoms with Crippen LogP contribution in [-0.2, 0) is 22.4 Å². The monoisotopic (exact) mass is 344 g/mol. The summed E-state index contributed by atoms with van der Waals surface area (Å²) in [6.45, 7) is 3.28. The van der Waals surface area contributed by atoms with Gasteiger partial charge in [-0.15, -0.1) is 11.3 Å². The van der Waals surface area contributed by atoms with Gasteiger partial charge in [-0.25, -0.2) is 4.98 Å². The molecule has 0 bridgehead atoms. The molecule has 0 aliphatic heterocycles. The Morgan fingerprint density at radius 3 is 3.12 bits per heavy atom. The standard InChI is InChI=1S/C19H24N2O2S/c1-14-21-16(13-24-14)12-19(22)20-10-5-11-23-18-9-4-7-15-6-2-3-8-17(15)18/h2-3,6,8,13,18H,4-5,7,9-12H2,1H3,(H,20,22)/t18-/m0/s1. The third-order valence-corrected chi connectivity index (χ3v) is 5.11. The van der Waals surface area contributed by atoms with Crippen LogP contribution in [0.4, 0.5) is 0 Å². The van der Waals surface area contributed by atoms with Crippen molar-refractivity contribution in [1.29, 1.82) is 0 Å².